The van der Waals surface area contributed by atoms with Gasteiger partial charge in [0.1, 0.15) is 5.52 Å². The van der Waals surface area contributed by atoms with Crippen molar-refractivity contribution in [1.82, 2.24) is 15.0 Å². The molecular formula is C9H9F3N4. The topological polar surface area (TPSA) is 56.7 Å². The number of hydrogen-bond donors (Lipinski definition) is 1. The third-order valence-corrected chi connectivity index (χ3v) is 2.27. The quantitative estimate of drug-likeness (QED) is 0.850. The molecule has 0 amide bonds. The average molecular weight is 230 g/mol. The van der Waals surface area contributed by atoms with Crippen LogP contribution in [0.15, 0.2) is 24.3 Å². The van der Waals surface area contributed by atoms with Gasteiger partial charge in [-0.3, -0.25) is 0 Å². The van der Waals surface area contributed by atoms with E-state index in [2.05, 4.69) is 10.3 Å². The van der Waals surface area contributed by atoms with Gasteiger partial charge >= 0.3 is 6.18 Å². The normalized spacial score (nSPS) is 14.2. The average Bonchev–Trinajstić information content (AvgIpc) is 2.61. The summed E-state index contributed by atoms with van der Waals surface area (Å²) in [7, 11) is 0. The predicted octanol–water partition coefficient (Wildman–Crippen LogP) is 1.49. The highest BCUT2D eigenvalue weighted by Crippen LogP contribution is 2.30. The van der Waals surface area contributed by atoms with Crippen LogP contribution in [0.1, 0.15) is 6.04 Å². The highest BCUT2D eigenvalue weighted by Gasteiger charge is 2.41. The van der Waals surface area contributed by atoms with Gasteiger partial charge in [-0.2, -0.15) is 13.2 Å². The molecule has 0 saturated carbocycles. The van der Waals surface area contributed by atoms with Gasteiger partial charge in [0.05, 0.1) is 5.52 Å². The first kappa shape index (κ1) is 10.9. The van der Waals surface area contributed by atoms with Crippen LogP contribution in [0.5, 0.6) is 0 Å². The highest BCUT2D eigenvalue weighted by molar-refractivity contribution is 5.74. The smallest absolute Gasteiger partial charge is 0.328 e. The number of para-hydroxylation sites is 1. The summed E-state index contributed by atoms with van der Waals surface area (Å²) in [6.07, 6.45) is -4.43. The zero-order valence-electron chi connectivity index (χ0n) is 8.15. The monoisotopic (exact) mass is 230 g/mol. The minimum absolute atomic E-state index is 0.329. The first-order valence-electron chi connectivity index (χ1n) is 4.60. The fourth-order valence-corrected chi connectivity index (χ4v) is 1.49. The van der Waals surface area contributed by atoms with Crippen LogP contribution >= 0.6 is 0 Å². The lowest BCUT2D eigenvalue weighted by molar-refractivity contribution is -0.166. The minimum atomic E-state index is -4.43. The molecule has 0 bridgehead atoms. The number of nitrogens with zero attached hydrogens (tertiary/aromatic N) is 3. The highest BCUT2D eigenvalue weighted by atomic mass is 19.4. The van der Waals surface area contributed by atoms with Crippen LogP contribution in [-0.4, -0.2) is 27.7 Å². The fraction of sp³-hybridized carbons (Fsp3) is 0.333. The Morgan fingerprint density at radius 3 is 2.62 bits per heavy atom. The van der Waals surface area contributed by atoms with Crippen LogP contribution in [0.2, 0.25) is 0 Å². The summed E-state index contributed by atoms with van der Waals surface area (Å²) in [6.45, 7) is -0.559. The Kier molecular flexibility index (Phi) is 2.55. The molecule has 7 heteroatoms. The molecule has 0 aliphatic rings. The second kappa shape index (κ2) is 3.75. The summed E-state index contributed by atoms with van der Waals surface area (Å²) >= 11 is 0. The van der Waals surface area contributed by atoms with Gasteiger partial charge < -0.3 is 5.73 Å². The molecule has 2 aromatic rings. The zero-order chi connectivity index (χ0) is 11.8. The number of nitrogens with two attached hydrogens (primary N) is 1. The van der Waals surface area contributed by atoms with E-state index in [1.807, 2.05) is 0 Å². The maximum atomic E-state index is 12.6. The Morgan fingerprint density at radius 1 is 1.31 bits per heavy atom. The fourth-order valence-electron chi connectivity index (χ4n) is 1.49. The Bertz CT molecular complexity index is 491. The third kappa shape index (κ3) is 1.73. The first-order valence-corrected chi connectivity index (χ1v) is 4.60. The number of alkyl halides is 3. The Morgan fingerprint density at radius 2 is 2.00 bits per heavy atom. The van der Waals surface area contributed by atoms with Crippen LogP contribution in [0.25, 0.3) is 11.0 Å². The molecule has 0 spiro atoms. The minimum Gasteiger partial charge on any atom is -0.328 e. The molecule has 1 heterocycles. The van der Waals surface area contributed by atoms with E-state index in [4.69, 9.17) is 5.73 Å². The molecule has 0 fully saturated rings. The van der Waals surface area contributed by atoms with Crippen molar-refractivity contribution in [1.29, 1.82) is 0 Å². The molecule has 2 rings (SSSR count). The lowest BCUT2D eigenvalue weighted by Gasteiger charge is -2.18. The van der Waals surface area contributed by atoms with Crippen LogP contribution in [0.4, 0.5) is 13.2 Å². The van der Waals surface area contributed by atoms with E-state index < -0.39 is 18.8 Å². The molecule has 0 aliphatic heterocycles. The molecule has 1 aromatic carbocycles. The van der Waals surface area contributed by atoms with E-state index in [0.29, 0.717) is 11.0 Å². The molecule has 4 nitrogen and oxygen atoms in total. The van der Waals surface area contributed by atoms with Crippen molar-refractivity contribution in [3.05, 3.63) is 24.3 Å². The van der Waals surface area contributed by atoms with Crippen molar-refractivity contribution in [3.8, 4) is 0 Å². The summed E-state index contributed by atoms with van der Waals surface area (Å²) in [6, 6.07) is 4.62. The summed E-state index contributed by atoms with van der Waals surface area (Å²) in [5.74, 6) is 0. The first-order chi connectivity index (χ1) is 7.54. The van der Waals surface area contributed by atoms with Crippen molar-refractivity contribution in [3.63, 3.8) is 0 Å². The maximum absolute atomic E-state index is 12.6. The molecule has 1 atom stereocenters. The van der Waals surface area contributed by atoms with Crippen LogP contribution < -0.4 is 5.73 Å². The second-order valence-corrected chi connectivity index (χ2v) is 3.32. The van der Waals surface area contributed by atoms with E-state index in [-0.39, 0.29) is 0 Å². The number of halogens is 3. The molecule has 16 heavy (non-hydrogen) atoms. The third-order valence-electron chi connectivity index (χ3n) is 2.27. The van der Waals surface area contributed by atoms with Crippen molar-refractivity contribution >= 4 is 11.0 Å². The van der Waals surface area contributed by atoms with Gasteiger partial charge in [-0.1, -0.05) is 17.3 Å². The molecule has 2 N–H and O–H groups in total. The van der Waals surface area contributed by atoms with Crippen molar-refractivity contribution in [2.75, 3.05) is 6.54 Å². The van der Waals surface area contributed by atoms with Gasteiger partial charge in [-0.25, -0.2) is 4.68 Å². The largest absolute Gasteiger partial charge is 0.412 e. The van der Waals surface area contributed by atoms with Gasteiger partial charge in [0, 0.05) is 6.54 Å². The van der Waals surface area contributed by atoms with Crippen LogP contribution in [0, 0.1) is 0 Å². The van der Waals surface area contributed by atoms with E-state index in [1.54, 1.807) is 18.2 Å². The number of fused-ring (bicyclic) bond motifs is 1. The van der Waals surface area contributed by atoms with Gasteiger partial charge in [0.2, 0.25) is 0 Å². The predicted molar refractivity (Wildman–Crippen MR) is 51.7 cm³/mol. The molecule has 0 saturated heterocycles. The second-order valence-electron chi connectivity index (χ2n) is 3.32. The SMILES string of the molecule is NCC(n1nnc2ccccc21)C(F)(F)F. The van der Waals surface area contributed by atoms with E-state index in [0.717, 1.165) is 4.68 Å². The number of hydrogen-bond acceptors (Lipinski definition) is 3. The summed E-state index contributed by atoms with van der Waals surface area (Å²) < 4.78 is 38.7. The Balaban J connectivity index is 2.54. The van der Waals surface area contributed by atoms with Gasteiger partial charge in [-0.05, 0) is 12.1 Å². The zero-order valence-corrected chi connectivity index (χ0v) is 8.15. The standard InChI is InChI=1S/C9H9F3N4/c10-9(11,12)8(5-13)16-7-4-2-1-3-6(7)14-15-16/h1-4,8H,5,13H2. The number of benzene rings is 1. The van der Waals surface area contributed by atoms with Gasteiger partial charge in [0.25, 0.3) is 0 Å². The number of aromatic nitrogens is 3. The lowest BCUT2D eigenvalue weighted by Crippen LogP contribution is -2.33. The lowest BCUT2D eigenvalue weighted by atomic mass is 10.2. The van der Waals surface area contributed by atoms with Crippen molar-refractivity contribution in [2.45, 2.75) is 12.2 Å². The van der Waals surface area contributed by atoms with Crippen molar-refractivity contribution < 1.29 is 13.2 Å². The van der Waals surface area contributed by atoms with Crippen molar-refractivity contribution in [2.24, 2.45) is 5.73 Å². The molecule has 1 aromatic heterocycles. The Labute approximate surface area is 88.8 Å². The maximum Gasteiger partial charge on any atom is 0.412 e. The summed E-state index contributed by atoms with van der Waals surface area (Å²) in [5.41, 5.74) is 5.88. The van der Waals surface area contributed by atoms with E-state index in [1.165, 1.54) is 6.07 Å². The number of rotatable bonds is 2. The van der Waals surface area contributed by atoms with E-state index in [9.17, 15) is 13.2 Å². The molecule has 1 unspecified atom stereocenters. The summed E-state index contributed by atoms with van der Waals surface area (Å²) in [5, 5.41) is 7.16. The molecule has 0 radical (unpaired) electrons. The molecule has 0 aliphatic carbocycles. The van der Waals surface area contributed by atoms with Gasteiger partial charge in [0.15, 0.2) is 6.04 Å². The van der Waals surface area contributed by atoms with Crippen LogP contribution in [0.3, 0.4) is 0 Å². The van der Waals surface area contributed by atoms with Crippen LogP contribution in [-0.2, 0) is 0 Å². The van der Waals surface area contributed by atoms with Gasteiger partial charge in [-0.15, -0.1) is 5.10 Å². The molecule has 86 valence electrons. The molecular weight excluding hydrogens is 221 g/mol. The Hall–Kier alpha value is -1.63. The van der Waals surface area contributed by atoms with E-state index >= 15 is 0 Å². The summed E-state index contributed by atoms with van der Waals surface area (Å²) in [4.78, 5) is 0.